The summed E-state index contributed by atoms with van der Waals surface area (Å²) in [6.07, 6.45) is 2.93. The number of likely N-dealkylation sites (tertiary alicyclic amines) is 1. The van der Waals surface area contributed by atoms with Gasteiger partial charge in [0.25, 0.3) is 0 Å². The number of nitrogens with zero attached hydrogens (tertiary/aromatic N) is 2. The zero-order valence-corrected chi connectivity index (χ0v) is 15.8. The molecule has 5 aliphatic rings. The van der Waals surface area contributed by atoms with Crippen molar-refractivity contribution in [1.29, 1.82) is 0 Å². The molecule has 0 aliphatic carbocycles. The van der Waals surface area contributed by atoms with Crippen LogP contribution in [0.25, 0.3) is 0 Å². The quantitative estimate of drug-likeness (QED) is 0.830. The Morgan fingerprint density at radius 3 is 2.37 bits per heavy atom. The Morgan fingerprint density at radius 2 is 1.70 bits per heavy atom. The van der Waals surface area contributed by atoms with Crippen LogP contribution < -0.4 is 10.9 Å². The van der Waals surface area contributed by atoms with E-state index < -0.39 is 0 Å². The van der Waals surface area contributed by atoms with Crippen molar-refractivity contribution in [2.24, 2.45) is 5.92 Å². The fraction of sp³-hybridized carbons (Fsp3) is 0.619. The van der Waals surface area contributed by atoms with E-state index in [2.05, 4.69) is 51.0 Å². The highest BCUT2D eigenvalue weighted by Gasteiger charge is 2.55. The summed E-state index contributed by atoms with van der Waals surface area (Å²) in [6.45, 7) is 4.69. The lowest BCUT2D eigenvalue weighted by Gasteiger charge is -2.51. The third kappa shape index (κ3) is 2.82. The predicted octanol–water partition coefficient (Wildman–Crippen LogP) is 0.899. The second kappa shape index (κ2) is 6.69. The predicted molar refractivity (Wildman–Crippen MR) is 102 cm³/mol. The van der Waals surface area contributed by atoms with E-state index >= 15 is 0 Å². The summed E-state index contributed by atoms with van der Waals surface area (Å²) < 4.78 is 0. The van der Waals surface area contributed by atoms with Gasteiger partial charge in [-0.25, -0.2) is 10.9 Å². The molecular weight excluding hydrogens is 340 g/mol. The minimum absolute atomic E-state index is 0.0853. The fourth-order valence-electron chi connectivity index (χ4n) is 5.85. The molecular formula is C21H28N4O2. The van der Waals surface area contributed by atoms with Gasteiger partial charge in [0.05, 0.1) is 12.1 Å². The molecule has 2 bridgehead atoms. The van der Waals surface area contributed by atoms with Crippen molar-refractivity contribution in [3.05, 3.63) is 35.9 Å². The van der Waals surface area contributed by atoms with Crippen LogP contribution in [-0.2, 0) is 9.59 Å². The molecule has 2 N–H and O–H groups in total. The number of carbonyl (C=O) groups excluding carboxylic acids is 2. The number of ketones is 1. The van der Waals surface area contributed by atoms with E-state index in [1.54, 1.807) is 6.92 Å². The van der Waals surface area contributed by atoms with Crippen LogP contribution in [0.4, 0.5) is 0 Å². The van der Waals surface area contributed by atoms with E-state index in [-0.39, 0.29) is 23.8 Å². The first-order chi connectivity index (χ1) is 13.1. The maximum absolute atomic E-state index is 13.4. The monoisotopic (exact) mass is 368 g/mol. The molecule has 5 aliphatic heterocycles. The normalized spacial score (nSPS) is 40.2. The Balaban J connectivity index is 1.43. The summed E-state index contributed by atoms with van der Waals surface area (Å²) in [6, 6.07) is 10.9. The molecule has 5 atom stereocenters. The van der Waals surface area contributed by atoms with Gasteiger partial charge in [-0.1, -0.05) is 30.3 Å². The van der Waals surface area contributed by atoms with Crippen molar-refractivity contribution >= 4 is 11.7 Å². The average Bonchev–Trinajstić information content (AvgIpc) is 3.36. The zero-order valence-electron chi connectivity index (χ0n) is 15.8. The molecule has 2 unspecified atom stereocenters. The fourth-order valence-corrected chi connectivity index (χ4v) is 5.85. The summed E-state index contributed by atoms with van der Waals surface area (Å²) in [5.74, 6) is 1.23. The van der Waals surface area contributed by atoms with Crippen LogP contribution in [0.15, 0.2) is 30.3 Å². The summed E-state index contributed by atoms with van der Waals surface area (Å²) in [4.78, 5) is 29.9. The van der Waals surface area contributed by atoms with E-state index in [1.165, 1.54) is 18.4 Å². The number of hydrogen-bond donors (Lipinski definition) is 2. The topological polar surface area (TPSA) is 64.7 Å². The maximum atomic E-state index is 13.4. The van der Waals surface area contributed by atoms with Crippen LogP contribution in [0.5, 0.6) is 0 Å². The number of hydrogen-bond acceptors (Lipinski definition) is 5. The van der Waals surface area contributed by atoms with Crippen LogP contribution in [-0.4, -0.2) is 65.3 Å². The molecule has 6 nitrogen and oxygen atoms in total. The van der Waals surface area contributed by atoms with Gasteiger partial charge in [-0.2, -0.15) is 0 Å². The molecule has 1 aromatic rings. The molecule has 0 saturated carbocycles. The Bertz CT molecular complexity index is 731. The highest BCUT2D eigenvalue weighted by molar-refractivity contribution is 5.87. The number of Topliss-reactive ketones (excluding diaryl/α,β-unsaturated/α-hetero) is 1. The molecule has 5 fully saturated rings. The van der Waals surface area contributed by atoms with Crippen molar-refractivity contribution in [1.82, 2.24) is 20.7 Å². The van der Waals surface area contributed by atoms with Gasteiger partial charge in [0.2, 0.25) is 5.91 Å². The third-order valence-corrected chi connectivity index (χ3v) is 7.20. The van der Waals surface area contributed by atoms with Crippen molar-refractivity contribution in [3.63, 3.8) is 0 Å². The molecule has 1 amide bonds. The van der Waals surface area contributed by atoms with E-state index in [4.69, 9.17) is 0 Å². The Kier molecular flexibility index (Phi) is 4.30. The number of carbonyl (C=O) groups is 2. The minimum Gasteiger partial charge on any atom is -0.336 e. The van der Waals surface area contributed by atoms with Crippen molar-refractivity contribution < 1.29 is 9.59 Å². The summed E-state index contributed by atoms with van der Waals surface area (Å²) in [5, 5.41) is 0. The molecule has 27 heavy (non-hydrogen) atoms. The van der Waals surface area contributed by atoms with Gasteiger partial charge in [-0.15, -0.1) is 0 Å². The number of nitrogens with one attached hydrogen (secondary N) is 2. The van der Waals surface area contributed by atoms with Crippen molar-refractivity contribution in [2.45, 2.75) is 56.3 Å². The summed E-state index contributed by atoms with van der Waals surface area (Å²) in [5.41, 5.74) is 7.43. The van der Waals surface area contributed by atoms with E-state index in [9.17, 15) is 9.59 Å². The third-order valence-electron chi connectivity index (χ3n) is 7.20. The smallest absolute Gasteiger partial charge is 0.241 e. The van der Waals surface area contributed by atoms with E-state index in [0.717, 1.165) is 19.6 Å². The number of piperidine rings is 3. The molecule has 0 radical (unpaired) electrons. The van der Waals surface area contributed by atoms with E-state index in [0.29, 0.717) is 30.3 Å². The zero-order chi connectivity index (χ0) is 18.5. The highest BCUT2D eigenvalue weighted by atomic mass is 16.2. The largest absolute Gasteiger partial charge is 0.336 e. The molecule has 0 aromatic heterocycles. The van der Waals surface area contributed by atoms with Crippen LogP contribution in [0.1, 0.15) is 37.7 Å². The molecule has 5 saturated heterocycles. The van der Waals surface area contributed by atoms with Crippen LogP contribution in [0, 0.1) is 5.92 Å². The highest BCUT2D eigenvalue weighted by Crippen LogP contribution is 2.46. The average molecular weight is 368 g/mol. The second-order valence-electron chi connectivity index (χ2n) is 8.60. The molecule has 1 aromatic carbocycles. The molecule has 0 spiro atoms. The number of benzene rings is 1. The van der Waals surface area contributed by atoms with Gasteiger partial charge in [-0.05, 0) is 50.8 Å². The van der Waals surface area contributed by atoms with Gasteiger partial charge in [0.15, 0.2) is 0 Å². The molecule has 6 rings (SSSR count). The Morgan fingerprint density at radius 1 is 1.00 bits per heavy atom. The Labute approximate surface area is 160 Å². The van der Waals surface area contributed by atoms with Crippen LogP contribution in [0.2, 0.25) is 0 Å². The number of amides is 1. The van der Waals surface area contributed by atoms with Gasteiger partial charge in [-0.3, -0.25) is 14.5 Å². The lowest BCUT2D eigenvalue weighted by molar-refractivity contribution is -0.138. The number of hydrazine groups is 1. The lowest BCUT2D eigenvalue weighted by Crippen LogP contribution is -2.62. The van der Waals surface area contributed by atoms with E-state index in [1.807, 2.05) is 0 Å². The van der Waals surface area contributed by atoms with Gasteiger partial charge in [0.1, 0.15) is 11.8 Å². The standard InChI is InChI=1S/C21H28N4O2/c1-13(26)17-11-18(23-22-17)21(27)25-12-16(14-5-3-2-4-6-14)20-19(25)15-7-9-24(20)10-8-15/h2-6,15-20,22-23H,7-12H2,1H3/t16-,17?,18?,19-,20-/m1/s1. The first kappa shape index (κ1) is 17.3. The van der Waals surface area contributed by atoms with Gasteiger partial charge in [0, 0.05) is 18.5 Å². The van der Waals surface area contributed by atoms with Gasteiger partial charge < -0.3 is 4.90 Å². The second-order valence-corrected chi connectivity index (χ2v) is 8.60. The molecule has 5 heterocycles. The van der Waals surface area contributed by atoms with Crippen LogP contribution >= 0.6 is 0 Å². The number of fused-ring (bicyclic) bond motifs is 2. The first-order valence-corrected chi connectivity index (χ1v) is 10.2. The van der Waals surface area contributed by atoms with Crippen molar-refractivity contribution in [3.8, 4) is 0 Å². The number of rotatable bonds is 3. The minimum atomic E-state index is -0.301. The first-order valence-electron chi connectivity index (χ1n) is 10.2. The van der Waals surface area contributed by atoms with Crippen molar-refractivity contribution in [2.75, 3.05) is 19.6 Å². The molecule has 144 valence electrons. The van der Waals surface area contributed by atoms with Gasteiger partial charge >= 0.3 is 0 Å². The Hall–Kier alpha value is -1.76. The van der Waals surface area contributed by atoms with Crippen LogP contribution in [0.3, 0.4) is 0 Å². The SMILES string of the molecule is CC(=O)C1CC(C(=O)N2C[C@H](c3ccccc3)[C@@H]3[C@H]2C2CCN3CC2)NN1. The lowest BCUT2D eigenvalue weighted by atomic mass is 9.75. The maximum Gasteiger partial charge on any atom is 0.241 e. The molecule has 6 heteroatoms. The summed E-state index contributed by atoms with van der Waals surface area (Å²) in [7, 11) is 0. The summed E-state index contributed by atoms with van der Waals surface area (Å²) >= 11 is 0.